The summed E-state index contributed by atoms with van der Waals surface area (Å²) in [4.78, 5) is 12.4. The molecule has 0 saturated carbocycles. The summed E-state index contributed by atoms with van der Waals surface area (Å²) in [6.07, 6.45) is 1.44. The van der Waals surface area contributed by atoms with Crippen LogP contribution in [0, 0.1) is 13.8 Å². The van der Waals surface area contributed by atoms with E-state index in [-0.39, 0.29) is 17.3 Å². The third-order valence-corrected chi connectivity index (χ3v) is 4.10. The summed E-state index contributed by atoms with van der Waals surface area (Å²) < 4.78 is 17.1. The van der Waals surface area contributed by atoms with Crippen LogP contribution in [0.5, 0.6) is 0 Å². The van der Waals surface area contributed by atoms with Crippen LogP contribution in [0.25, 0.3) is 0 Å². The van der Waals surface area contributed by atoms with Crippen LogP contribution in [0.2, 0.25) is 0 Å². The minimum Gasteiger partial charge on any atom is -0.461 e. The maximum atomic E-state index is 12.1. The number of aryl methyl sites for hydroxylation is 2. The van der Waals surface area contributed by atoms with Crippen molar-refractivity contribution in [3.05, 3.63) is 53.5 Å². The van der Waals surface area contributed by atoms with E-state index in [9.17, 15) is 9.00 Å². The summed E-state index contributed by atoms with van der Waals surface area (Å²) in [7, 11) is -1.33. The molecule has 18 heavy (non-hydrogen) atoms. The van der Waals surface area contributed by atoms with E-state index in [1.807, 2.05) is 26.0 Å². The first-order valence-electron chi connectivity index (χ1n) is 5.60. The fraction of sp³-hybridized carbons (Fsp3) is 0.214. The Labute approximate surface area is 108 Å². The lowest BCUT2D eigenvalue weighted by atomic mass is 10.1. The quantitative estimate of drug-likeness (QED) is 0.796. The smallest absolute Gasteiger partial charge is 0.210 e. The van der Waals surface area contributed by atoms with Gasteiger partial charge in [-0.1, -0.05) is 6.07 Å². The van der Waals surface area contributed by atoms with Gasteiger partial charge in [0.2, 0.25) is 5.78 Å². The molecule has 4 heteroatoms. The molecule has 2 aromatic rings. The van der Waals surface area contributed by atoms with Crippen molar-refractivity contribution < 1.29 is 13.4 Å². The molecular formula is C14H14O3S. The van der Waals surface area contributed by atoms with Gasteiger partial charge in [-0.25, -0.2) is 0 Å². The Bertz CT molecular complexity index is 585. The topological polar surface area (TPSA) is 47.3 Å². The van der Waals surface area contributed by atoms with Gasteiger partial charge in [-0.15, -0.1) is 0 Å². The van der Waals surface area contributed by atoms with Gasteiger partial charge in [-0.05, 0) is 49.2 Å². The maximum absolute atomic E-state index is 12.1. The molecule has 0 saturated heterocycles. The number of ketones is 1. The third-order valence-electron chi connectivity index (χ3n) is 2.80. The largest absolute Gasteiger partial charge is 0.461 e. The Hall–Kier alpha value is -1.68. The van der Waals surface area contributed by atoms with E-state index in [0.29, 0.717) is 4.90 Å². The van der Waals surface area contributed by atoms with Gasteiger partial charge in [0.15, 0.2) is 5.76 Å². The Balaban J connectivity index is 2.12. The van der Waals surface area contributed by atoms with E-state index in [0.717, 1.165) is 11.1 Å². The number of hydrogen-bond acceptors (Lipinski definition) is 3. The Kier molecular flexibility index (Phi) is 3.77. The molecular weight excluding hydrogens is 248 g/mol. The monoisotopic (exact) mass is 262 g/mol. The van der Waals surface area contributed by atoms with Crippen LogP contribution in [-0.4, -0.2) is 15.7 Å². The maximum Gasteiger partial charge on any atom is 0.210 e. The molecule has 94 valence electrons. The molecule has 1 unspecified atom stereocenters. The number of carbonyl (C=O) groups is 1. The van der Waals surface area contributed by atoms with Gasteiger partial charge < -0.3 is 4.42 Å². The van der Waals surface area contributed by atoms with E-state index in [2.05, 4.69) is 0 Å². The van der Waals surface area contributed by atoms with Crippen molar-refractivity contribution in [2.24, 2.45) is 0 Å². The normalized spacial score (nSPS) is 12.3. The molecule has 0 N–H and O–H groups in total. The van der Waals surface area contributed by atoms with Crippen LogP contribution in [0.15, 0.2) is 45.9 Å². The van der Waals surface area contributed by atoms with Crippen LogP contribution in [-0.2, 0) is 10.8 Å². The van der Waals surface area contributed by atoms with Gasteiger partial charge in [-0.3, -0.25) is 9.00 Å². The second-order valence-corrected chi connectivity index (χ2v) is 5.59. The molecule has 1 aromatic heterocycles. The van der Waals surface area contributed by atoms with Crippen LogP contribution < -0.4 is 0 Å². The number of rotatable bonds is 4. The van der Waals surface area contributed by atoms with Crippen molar-refractivity contribution in [2.75, 3.05) is 5.75 Å². The van der Waals surface area contributed by atoms with Gasteiger partial charge in [0.1, 0.15) is 0 Å². The summed E-state index contributed by atoms with van der Waals surface area (Å²) in [6.45, 7) is 3.96. The molecule has 0 fully saturated rings. The molecule has 0 amide bonds. The third kappa shape index (κ3) is 2.76. The van der Waals surface area contributed by atoms with Gasteiger partial charge in [0.25, 0.3) is 0 Å². The lowest BCUT2D eigenvalue weighted by Crippen LogP contribution is -2.10. The van der Waals surface area contributed by atoms with Crippen molar-refractivity contribution >= 4 is 16.6 Å². The molecule has 0 spiro atoms. The van der Waals surface area contributed by atoms with Crippen molar-refractivity contribution in [1.82, 2.24) is 0 Å². The SMILES string of the molecule is Cc1ccc(S(=O)CC(=O)c2ccco2)cc1C. The Morgan fingerprint density at radius 1 is 1.22 bits per heavy atom. The molecule has 0 radical (unpaired) electrons. The first-order chi connectivity index (χ1) is 8.58. The van der Waals surface area contributed by atoms with Crippen molar-refractivity contribution in [2.45, 2.75) is 18.7 Å². The zero-order chi connectivity index (χ0) is 13.1. The van der Waals surface area contributed by atoms with Gasteiger partial charge in [0.05, 0.1) is 22.8 Å². The van der Waals surface area contributed by atoms with Gasteiger partial charge in [0, 0.05) is 4.90 Å². The lowest BCUT2D eigenvalue weighted by Gasteiger charge is -2.04. The predicted octanol–water partition coefficient (Wildman–Crippen LogP) is 2.89. The molecule has 3 nitrogen and oxygen atoms in total. The molecule has 1 aromatic carbocycles. The van der Waals surface area contributed by atoms with Gasteiger partial charge in [-0.2, -0.15) is 0 Å². The molecule has 2 rings (SSSR count). The Morgan fingerprint density at radius 2 is 2.00 bits per heavy atom. The molecule has 1 heterocycles. The minimum atomic E-state index is -1.33. The van der Waals surface area contributed by atoms with Crippen molar-refractivity contribution in [1.29, 1.82) is 0 Å². The lowest BCUT2D eigenvalue weighted by molar-refractivity contribution is 0.0991. The fourth-order valence-corrected chi connectivity index (χ4v) is 2.64. The number of benzene rings is 1. The standard InChI is InChI=1S/C14H14O3S/c1-10-5-6-12(8-11(10)2)18(16)9-13(15)14-4-3-7-17-14/h3-8H,9H2,1-2H3. The summed E-state index contributed by atoms with van der Waals surface area (Å²) in [5, 5.41) is 0. The second kappa shape index (κ2) is 5.31. The molecule has 0 aliphatic heterocycles. The van der Waals surface area contributed by atoms with Crippen molar-refractivity contribution in [3.8, 4) is 0 Å². The van der Waals surface area contributed by atoms with E-state index >= 15 is 0 Å². The minimum absolute atomic E-state index is 0.0456. The highest BCUT2D eigenvalue weighted by atomic mass is 32.2. The second-order valence-electron chi connectivity index (χ2n) is 4.14. The highest BCUT2D eigenvalue weighted by Crippen LogP contribution is 2.14. The average molecular weight is 262 g/mol. The van der Waals surface area contributed by atoms with Crippen LogP contribution >= 0.6 is 0 Å². The number of carbonyl (C=O) groups excluding carboxylic acids is 1. The highest BCUT2D eigenvalue weighted by molar-refractivity contribution is 7.85. The first kappa shape index (κ1) is 12.8. The summed E-state index contributed by atoms with van der Waals surface area (Å²) in [5.74, 6) is -0.0283. The summed E-state index contributed by atoms with van der Waals surface area (Å²) in [6, 6.07) is 8.81. The fourth-order valence-electron chi connectivity index (χ4n) is 1.57. The van der Waals surface area contributed by atoms with Gasteiger partial charge >= 0.3 is 0 Å². The molecule has 1 atom stereocenters. The van der Waals surface area contributed by atoms with E-state index in [1.165, 1.54) is 6.26 Å². The summed E-state index contributed by atoms with van der Waals surface area (Å²) >= 11 is 0. The summed E-state index contributed by atoms with van der Waals surface area (Å²) in [5.41, 5.74) is 2.22. The zero-order valence-electron chi connectivity index (χ0n) is 10.3. The number of hydrogen-bond donors (Lipinski definition) is 0. The Morgan fingerprint density at radius 3 is 2.61 bits per heavy atom. The van der Waals surface area contributed by atoms with E-state index < -0.39 is 10.8 Å². The number of furan rings is 1. The van der Waals surface area contributed by atoms with Crippen LogP contribution in [0.4, 0.5) is 0 Å². The zero-order valence-corrected chi connectivity index (χ0v) is 11.1. The number of Topliss-reactive ketones (excluding diaryl/α,β-unsaturated/α-hetero) is 1. The highest BCUT2D eigenvalue weighted by Gasteiger charge is 2.14. The predicted molar refractivity (Wildman–Crippen MR) is 70.2 cm³/mol. The molecule has 0 aliphatic rings. The average Bonchev–Trinajstić information content (AvgIpc) is 2.86. The first-order valence-corrected chi connectivity index (χ1v) is 6.92. The van der Waals surface area contributed by atoms with E-state index in [1.54, 1.807) is 18.2 Å². The van der Waals surface area contributed by atoms with Crippen LogP contribution in [0.3, 0.4) is 0 Å². The molecule has 0 aliphatic carbocycles. The molecule has 0 bridgehead atoms. The van der Waals surface area contributed by atoms with Crippen LogP contribution in [0.1, 0.15) is 21.7 Å². The van der Waals surface area contributed by atoms with E-state index in [4.69, 9.17) is 4.42 Å². The van der Waals surface area contributed by atoms with Crippen molar-refractivity contribution in [3.63, 3.8) is 0 Å².